The van der Waals surface area contributed by atoms with E-state index in [1.54, 1.807) is 29.2 Å². The Balaban J connectivity index is 1.59. The van der Waals surface area contributed by atoms with Crippen LogP contribution >= 0.6 is 0 Å². The Bertz CT molecular complexity index is 924. The highest BCUT2D eigenvalue weighted by molar-refractivity contribution is 7.89. The van der Waals surface area contributed by atoms with Crippen molar-refractivity contribution in [1.29, 1.82) is 0 Å². The topological polar surface area (TPSA) is 83.6 Å². The number of rotatable bonds is 6. The second-order valence-electron chi connectivity index (χ2n) is 6.83. The molecular formula is C20H22N2O4S. The van der Waals surface area contributed by atoms with Crippen LogP contribution in [0.15, 0.2) is 54.6 Å². The van der Waals surface area contributed by atoms with Gasteiger partial charge >= 0.3 is 0 Å². The number of sulfone groups is 1. The van der Waals surface area contributed by atoms with Crippen LogP contribution in [0, 0.1) is 0 Å². The molecule has 2 aromatic rings. The van der Waals surface area contributed by atoms with E-state index < -0.39 is 15.9 Å². The van der Waals surface area contributed by atoms with E-state index in [9.17, 15) is 18.0 Å². The first-order valence-corrected chi connectivity index (χ1v) is 10.8. The highest BCUT2D eigenvalue weighted by Crippen LogP contribution is 2.16. The zero-order chi connectivity index (χ0) is 19.4. The van der Waals surface area contributed by atoms with Crippen molar-refractivity contribution in [3.8, 4) is 0 Å². The molecule has 0 radical (unpaired) electrons. The third-order valence-electron chi connectivity index (χ3n) is 4.46. The third kappa shape index (κ3) is 5.17. The summed E-state index contributed by atoms with van der Waals surface area (Å²) in [4.78, 5) is 26.7. The lowest BCUT2D eigenvalue weighted by atomic mass is 10.1. The highest BCUT2D eigenvalue weighted by Gasteiger charge is 2.32. The summed E-state index contributed by atoms with van der Waals surface area (Å²) in [5.41, 5.74) is 2.08. The average molecular weight is 386 g/mol. The molecule has 1 N–H and O–H groups in total. The summed E-state index contributed by atoms with van der Waals surface area (Å²) in [7, 11) is -3.12. The number of hydrogen-bond donors (Lipinski definition) is 1. The maximum atomic E-state index is 12.5. The fourth-order valence-electron chi connectivity index (χ4n) is 3.13. The Labute approximate surface area is 159 Å². The molecule has 2 aromatic carbocycles. The Morgan fingerprint density at radius 3 is 2.37 bits per heavy atom. The van der Waals surface area contributed by atoms with E-state index in [0.717, 1.165) is 5.56 Å². The van der Waals surface area contributed by atoms with Crippen molar-refractivity contribution in [2.24, 2.45) is 0 Å². The fraction of sp³-hybridized carbons (Fsp3) is 0.300. The number of nitrogens with zero attached hydrogens (tertiary/aromatic N) is 1. The van der Waals surface area contributed by atoms with E-state index in [2.05, 4.69) is 5.32 Å². The molecule has 0 spiro atoms. The molecule has 0 bridgehead atoms. The maximum absolute atomic E-state index is 12.5. The van der Waals surface area contributed by atoms with Crippen molar-refractivity contribution in [1.82, 2.24) is 10.2 Å². The first-order valence-electron chi connectivity index (χ1n) is 8.72. The van der Waals surface area contributed by atoms with Gasteiger partial charge in [-0.05, 0) is 29.7 Å². The highest BCUT2D eigenvalue weighted by atomic mass is 32.2. The maximum Gasteiger partial charge on any atom is 0.251 e. The first kappa shape index (κ1) is 19.1. The minimum atomic E-state index is -3.12. The van der Waals surface area contributed by atoms with Crippen LogP contribution in [0.2, 0.25) is 0 Å². The van der Waals surface area contributed by atoms with Gasteiger partial charge in [0.1, 0.15) is 6.04 Å². The van der Waals surface area contributed by atoms with Gasteiger partial charge in [-0.25, -0.2) is 8.42 Å². The SMILES string of the molecule is CS(=O)(=O)Cc1ccc(C(=O)NC2CCN(Cc3ccccc3)C2=O)cc1. The minimum Gasteiger partial charge on any atom is -0.340 e. The van der Waals surface area contributed by atoms with Crippen molar-refractivity contribution in [2.45, 2.75) is 24.8 Å². The zero-order valence-electron chi connectivity index (χ0n) is 15.1. The van der Waals surface area contributed by atoms with Gasteiger partial charge in [0.25, 0.3) is 5.91 Å². The van der Waals surface area contributed by atoms with E-state index in [-0.39, 0.29) is 17.6 Å². The van der Waals surface area contributed by atoms with E-state index in [0.29, 0.717) is 30.6 Å². The van der Waals surface area contributed by atoms with Crippen molar-refractivity contribution < 1.29 is 18.0 Å². The molecule has 1 heterocycles. The molecule has 1 atom stereocenters. The van der Waals surface area contributed by atoms with Gasteiger partial charge < -0.3 is 10.2 Å². The standard InChI is InChI=1S/C20H22N2O4S/c1-27(25,26)14-16-7-9-17(10-8-16)19(23)21-18-11-12-22(20(18)24)13-15-5-3-2-4-6-15/h2-10,18H,11-14H2,1H3,(H,21,23). The summed E-state index contributed by atoms with van der Waals surface area (Å²) in [6.45, 7) is 1.14. The van der Waals surface area contributed by atoms with Crippen LogP contribution in [0.5, 0.6) is 0 Å². The molecule has 7 heteroatoms. The van der Waals surface area contributed by atoms with Gasteiger partial charge in [-0.3, -0.25) is 9.59 Å². The van der Waals surface area contributed by atoms with Gasteiger partial charge in [0.05, 0.1) is 5.75 Å². The lowest BCUT2D eigenvalue weighted by molar-refractivity contribution is -0.129. The van der Waals surface area contributed by atoms with Gasteiger partial charge in [0.15, 0.2) is 9.84 Å². The number of benzene rings is 2. The lowest BCUT2D eigenvalue weighted by Crippen LogP contribution is -2.41. The van der Waals surface area contributed by atoms with Crippen LogP contribution in [0.25, 0.3) is 0 Å². The van der Waals surface area contributed by atoms with E-state index in [1.165, 1.54) is 6.26 Å². The van der Waals surface area contributed by atoms with Crippen molar-refractivity contribution in [3.05, 3.63) is 71.3 Å². The molecule has 1 saturated heterocycles. The largest absolute Gasteiger partial charge is 0.340 e. The monoisotopic (exact) mass is 386 g/mol. The molecule has 6 nitrogen and oxygen atoms in total. The van der Waals surface area contributed by atoms with E-state index >= 15 is 0 Å². The van der Waals surface area contributed by atoms with Crippen LogP contribution in [0.1, 0.15) is 27.9 Å². The number of carbonyl (C=O) groups is 2. The predicted octanol–water partition coefficient (Wildman–Crippen LogP) is 1.76. The van der Waals surface area contributed by atoms with E-state index in [1.807, 2.05) is 30.3 Å². The quantitative estimate of drug-likeness (QED) is 0.820. The molecule has 27 heavy (non-hydrogen) atoms. The molecule has 2 amide bonds. The zero-order valence-corrected chi connectivity index (χ0v) is 15.9. The Hall–Kier alpha value is -2.67. The van der Waals surface area contributed by atoms with Gasteiger partial charge in [0.2, 0.25) is 5.91 Å². The molecule has 1 aliphatic heterocycles. The van der Waals surface area contributed by atoms with Gasteiger partial charge in [-0.1, -0.05) is 42.5 Å². The normalized spacial score (nSPS) is 17.1. The Kier molecular flexibility index (Phi) is 5.60. The smallest absolute Gasteiger partial charge is 0.251 e. The molecule has 1 aliphatic rings. The Morgan fingerprint density at radius 2 is 1.74 bits per heavy atom. The molecule has 1 unspecified atom stereocenters. The summed E-state index contributed by atoms with van der Waals surface area (Å²) in [5, 5.41) is 2.78. The van der Waals surface area contributed by atoms with Crippen LogP contribution < -0.4 is 5.32 Å². The second kappa shape index (κ2) is 7.92. The van der Waals surface area contributed by atoms with Crippen molar-refractivity contribution in [3.63, 3.8) is 0 Å². The average Bonchev–Trinajstić information content (AvgIpc) is 2.95. The van der Waals surface area contributed by atoms with Crippen LogP contribution in [0.3, 0.4) is 0 Å². The number of nitrogens with one attached hydrogen (secondary N) is 1. The molecule has 3 rings (SSSR count). The van der Waals surface area contributed by atoms with Gasteiger partial charge in [0, 0.05) is 24.9 Å². The summed E-state index contributed by atoms with van der Waals surface area (Å²) < 4.78 is 22.7. The summed E-state index contributed by atoms with van der Waals surface area (Å²) >= 11 is 0. The number of amides is 2. The van der Waals surface area contributed by atoms with E-state index in [4.69, 9.17) is 0 Å². The van der Waals surface area contributed by atoms with Crippen LogP contribution in [0.4, 0.5) is 0 Å². The molecule has 142 valence electrons. The second-order valence-corrected chi connectivity index (χ2v) is 8.97. The van der Waals surface area contributed by atoms with Gasteiger partial charge in [-0.15, -0.1) is 0 Å². The minimum absolute atomic E-state index is 0.0650. The molecule has 0 saturated carbocycles. The lowest BCUT2D eigenvalue weighted by Gasteiger charge is -2.17. The third-order valence-corrected chi connectivity index (χ3v) is 5.32. The van der Waals surface area contributed by atoms with Crippen molar-refractivity contribution in [2.75, 3.05) is 12.8 Å². The van der Waals surface area contributed by atoms with Gasteiger partial charge in [-0.2, -0.15) is 0 Å². The first-order chi connectivity index (χ1) is 12.8. The number of hydrogen-bond acceptors (Lipinski definition) is 4. The predicted molar refractivity (Wildman–Crippen MR) is 103 cm³/mol. The Morgan fingerprint density at radius 1 is 1.07 bits per heavy atom. The molecule has 0 aromatic heterocycles. The number of likely N-dealkylation sites (tertiary alicyclic amines) is 1. The fourth-order valence-corrected chi connectivity index (χ4v) is 3.93. The summed E-state index contributed by atoms with van der Waals surface area (Å²) in [5.74, 6) is -0.480. The van der Waals surface area contributed by atoms with Crippen molar-refractivity contribution >= 4 is 21.7 Å². The number of carbonyl (C=O) groups excluding carboxylic acids is 2. The molecule has 1 fully saturated rings. The summed E-state index contributed by atoms with van der Waals surface area (Å²) in [6.07, 6.45) is 1.74. The molecule has 0 aliphatic carbocycles. The van der Waals surface area contributed by atoms with Crippen LogP contribution in [-0.2, 0) is 26.9 Å². The van der Waals surface area contributed by atoms with Crippen LogP contribution in [-0.4, -0.2) is 44.0 Å². The molecular weight excluding hydrogens is 364 g/mol. The summed E-state index contributed by atoms with van der Waals surface area (Å²) in [6, 6.07) is 15.6.